The predicted molar refractivity (Wildman–Crippen MR) is 83.7 cm³/mol. The van der Waals surface area contributed by atoms with Crippen LogP contribution in [0.1, 0.15) is 47.6 Å². The van der Waals surface area contributed by atoms with E-state index in [4.69, 9.17) is 0 Å². The number of rotatable bonds is 2. The van der Waals surface area contributed by atoms with Gasteiger partial charge in [0, 0.05) is 30.7 Å². The topological polar surface area (TPSA) is 72.7 Å². The van der Waals surface area contributed by atoms with Crippen LogP contribution >= 0.6 is 0 Å². The van der Waals surface area contributed by atoms with Gasteiger partial charge in [0.1, 0.15) is 0 Å². The minimum Gasteiger partial charge on any atom is -0.289 e. The number of carbonyl (C=O) groups is 1. The fourth-order valence-electron chi connectivity index (χ4n) is 2.92. The lowest BCUT2D eigenvalue weighted by Gasteiger charge is -2.30. The van der Waals surface area contributed by atoms with Crippen molar-refractivity contribution in [3.8, 4) is 0 Å². The monoisotopic (exact) mass is 299 g/mol. The average Bonchev–Trinajstić information content (AvgIpc) is 2.77. The Morgan fingerprint density at radius 1 is 1.41 bits per heavy atom. The van der Waals surface area contributed by atoms with Crippen LogP contribution in [0.5, 0.6) is 0 Å². The Morgan fingerprint density at radius 2 is 2.18 bits per heavy atom. The lowest BCUT2D eigenvalue weighted by atomic mass is 9.76. The van der Waals surface area contributed by atoms with Crippen molar-refractivity contribution in [3.63, 3.8) is 0 Å². The number of nitrogens with one attached hydrogen (secondary N) is 1. The molecular formula is C16H21N5O. The van der Waals surface area contributed by atoms with E-state index in [1.54, 1.807) is 11.7 Å². The Balaban J connectivity index is 1.79. The molecule has 2 aromatic heterocycles. The number of carbonyl (C=O) groups excluding carboxylic acids is 1. The van der Waals surface area contributed by atoms with Crippen LogP contribution in [0.3, 0.4) is 0 Å². The molecule has 0 fully saturated rings. The van der Waals surface area contributed by atoms with E-state index in [-0.39, 0.29) is 5.91 Å². The standard InChI is InChI=1S/C16H21N5O/c1-10-9-21(4)20-13(10)14(22)19-15-17-8-11-7-16(2,3)6-5-12(11)18-15/h8-9H,5-7H2,1-4H3,(H,17,18,19,22). The molecule has 0 saturated carbocycles. The Morgan fingerprint density at radius 3 is 2.86 bits per heavy atom. The highest BCUT2D eigenvalue weighted by Gasteiger charge is 2.26. The van der Waals surface area contributed by atoms with Crippen LogP contribution in [0.4, 0.5) is 5.95 Å². The van der Waals surface area contributed by atoms with Gasteiger partial charge in [-0.25, -0.2) is 9.97 Å². The summed E-state index contributed by atoms with van der Waals surface area (Å²) in [6.07, 6.45) is 6.66. The van der Waals surface area contributed by atoms with Gasteiger partial charge in [-0.15, -0.1) is 0 Å². The molecule has 22 heavy (non-hydrogen) atoms. The number of aryl methyl sites for hydroxylation is 3. The predicted octanol–water partition coefficient (Wildman–Crippen LogP) is 2.29. The summed E-state index contributed by atoms with van der Waals surface area (Å²) in [4.78, 5) is 21.0. The van der Waals surface area contributed by atoms with Crippen LogP contribution in [-0.4, -0.2) is 25.7 Å². The molecule has 2 heterocycles. The molecule has 116 valence electrons. The van der Waals surface area contributed by atoms with Gasteiger partial charge < -0.3 is 0 Å². The molecule has 3 rings (SSSR count). The highest BCUT2D eigenvalue weighted by atomic mass is 16.2. The van der Waals surface area contributed by atoms with E-state index in [1.807, 2.05) is 19.3 Å². The summed E-state index contributed by atoms with van der Waals surface area (Å²) >= 11 is 0. The number of hydrogen-bond acceptors (Lipinski definition) is 4. The second kappa shape index (κ2) is 5.19. The van der Waals surface area contributed by atoms with Crippen molar-refractivity contribution in [2.24, 2.45) is 12.5 Å². The maximum absolute atomic E-state index is 12.3. The maximum Gasteiger partial charge on any atom is 0.278 e. The third-order valence-electron chi connectivity index (χ3n) is 4.11. The molecule has 0 saturated heterocycles. The van der Waals surface area contributed by atoms with Crippen molar-refractivity contribution in [1.82, 2.24) is 19.7 Å². The first-order valence-corrected chi connectivity index (χ1v) is 7.50. The smallest absolute Gasteiger partial charge is 0.278 e. The van der Waals surface area contributed by atoms with Gasteiger partial charge in [0.05, 0.1) is 0 Å². The zero-order valence-electron chi connectivity index (χ0n) is 13.5. The van der Waals surface area contributed by atoms with Crippen LogP contribution in [0.15, 0.2) is 12.4 Å². The van der Waals surface area contributed by atoms with Gasteiger partial charge in [0.15, 0.2) is 5.69 Å². The van der Waals surface area contributed by atoms with E-state index in [0.29, 0.717) is 17.1 Å². The lowest BCUT2D eigenvalue weighted by molar-refractivity contribution is 0.102. The zero-order valence-corrected chi connectivity index (χ0v) is 13.5. The second-order valence-corrected chi connectivity index (χ2v) is 6.80. The van der Waals surface area contributed by atoms with E-state index < -0.39 is 0 Å². The number of amides is 1. The summed E-state index contributed by atoms with van der Waals surface area (Å²) in [5.41, 5.74) is 3.77. The van der Waals surface area contributed by atoms with E-state index in [1.165, 1.54) is 5.56 Å². The first kappa shape index (κ1) is 14.7. The maximum atomic E-state index is 12.3. The Hall–Kier alpha value is -2.24. The Labute approximate surface area is 130 Å². The van der Waals surface area contributed by atoms with Crippen molar-refractivity contribution in [1.29, 1.82) is 0 Å². The Kier molecular flexibility index (Phi) is 3.47. The molecule has 0 atom stereocenters. The lowest BCUT2D eigenvalue weighted by Crippen LogP contribution is -2.24. The van der Waals surface area contributed by atoms with Gasteiger partial charge >= 0.3 is 0 Å². The second-order valence-electron chi connectivity index (χ2n) is 6.80. The van der Waals surface area contributed by atoms with Crippen LogP contribution in [-0.2, 0) is 19.9 Å². The molecule has 1 amide bonds. The summed E-state index contributed by atoms with van der Waals surface area (Å²) in [7, 11) is 1.79. The average molecular weight is 299 g/mol. The molecule has 0 spiro atoms. The molecule has 1 aliphatic carbocycles. The number of anilines is 1. The highest BCUT2D eigenvalue weighted by Crippen LogP contribution is 2.33. The molecule has 6 heteroatoms. The van der Waals surface area contributed by atoms with Crippen LogP contribution in [0, 0.1) is 12.3 Å². The summed E-state index contributed by atoms with van der Waals surface area (Å²) in [6.45, 7) is 6.38. The number of fused-ring (bicyclic) bond motifs is 1. The summed E-state index contributed by atoms with van der Waals surface area (Å²) in [5.74, 6) is 0.0858. The van der Waals surface area contributed by atoms with E-state index >= 15 is 0 Å². The molecule has 0 bridgehead atoms. The normalized spacial score (nSPS) is 16.2. The van der Waals surface area contributed by atoms with E-state index in [2.05, 4.69) is 34.2 Å². The minimum atomic E-state index is -0.269. The zero-order chi connectivity index (χ0) is 15.9. The van der Waals surface area contributed by atoms with Crippen molar-refractivity contribution in [2.75, 3.05) is 5.32 Å². The number of nitrogens with zero attached hydrogens (tertiary/aromatic N) is 4. The number of hydrogen-bond donors (Lipinski definition) is 1. The molecule has 1 N–H and O–H groups in total. The van der Waals surface area contributed by atoms with Crippen molar-refractivity contribution in [3.05, 3.63) is 34.9 Å². The molecule has 6 nitrogen and oxygen atoms in total. The fraction of sp³-hybridized carbons (Fsp3) is 0.500. The van der Waals surface area contributed by atoms with Crippen LogP contribution in [0.2, 0.25) is 0 Å². The van der Waals surface area contributed by atoms with Gasteiger partial charge in [0.25, 0.3) is 5.91 Å². The van der Waals surface area contributed by atoms with Gasteiger partial charge in [0.2, 0.25) is 5.95 Å². The molecule has 0 radical (unpaired) electrons. The molecule has 1 aliphatic rings. The summed E-state index contributed by atoms with van der Waals surface area (Å²) in [5, 5.41) is 6.91. The summed E-state index contributed by atoms with van der Waals surface area (Å²) in [6, 6.07) is 0. The molecule has 0 unspecified atom stereocenters. The highest BCUT2D eigenvalue weighted by molar-refractivity contribution is 6.02. The third-order valence-corrected chi connectivity index (χ3v) is 4.11. The third kappa shape index (κ3) is 2.86. The Bertz CT molecular complexity index is 732. The quantitative estimate of drug-likeness (QED) is 0.923. The van der Waals surface area contributed by atoms with E-state index in [9.17, 15) is 4.79 Å². The van der Waals surface area contributed by atoms with Crippen molar-refractivity contribution in [2.45, 2.75) is 40.0 Å². The first-order valence-electron chi connectivity index (χ1n) is 7.50. The van der Waals surface area contributed by atoms with Gasteiger partial charge in [-0.1, -0.05) is 13.8 Å². The molecule has 0 aromatic carbocycles. The van der Waals surface area contributed by atoms with Gasteiger partial charge in [-0.2, -0.15) is 5.10 Å². The molecular weight excluding hydrogens is 278 g/mol. The minimum absolute atomic E-state index is 0.269. The van der Waals surface area contributed by atoms with Crippen molar-refractivity contribution >= 4 is 11.9 Å². The molecule has 0 aliphatic heterocycles. The van der Waals surface area contributed by atoms with E-state index in [0.717, 1.165) is 30.5 Å². The molecule has 2 aromatic rings. The number of aromatic nitrogens is 4. The van der Waals surface area contributed by atoms with Crippen molar-refractivity contribution < 1.29 is 4.79 Å². The van der Waals surface area contributed by atoms with Crippen LogP contribution < -0.4 is 5.32 Å². The SMILES string of the molecule is Cc1cn(C)nc1C(=O)Nc1ncc2c(n1)CCC(C)(C)C2. The van der Waals surface area contributed by atoms with Gasteiger partial charge in [-0.05, 0) is 37.2 Å². The summed E-state index contributed by atoms with van der Waals surface area (Å²) < 4.78 is 1.63. The first-order chi connectivity index (χ1) is 10.3. The van der Waals surface area contributed by atoms with Crippen LogP contribution in [0.25, 0.3) is 0 Å². The van der Waals surface area contributed by atoms with Gasteiger partial charge in [-0.3, -0.25) is 14.8 Å². The largest absolute Gasteiger partial charge is 0.289 e. The fourth-order valence-corrected chi connectivity index (χ4v) is 2.92.